The zero-order valence-corrected chi connectivity index (χ0v) is 18.6. The van der Waals surface area contributed by atoms with E-state index < -0.39 is 10.0 Å². The fourth-order valence-corrected chi connectivity index (χ4v) is 5.27. The average molecular weight is 446 g/mol. The number of sulfonamides is 1. The van der Waals surface area contributed by atoms with Crippen molar-refractivity contribution in [1.29, 1.82) is 0 Å². The molecule has 0 aromatic heterocycles. The van der Waals surface area contributed by atoms with Gasteiger partial charge in [-0.2, -0.15) is 4.99 Å². The van der Waals surface area contributed by atoms with Crippen molar-refractivity contribution >= 4 is 28.0 Å². The zero-order chi connectivity index (χ0) is 21.5. The second-order valence-electron chi connectivity index (χ2n) is 8.33. The molecule has 158 valence electrons. The lowest BCUT2D eigenvalue weighted by Gasteiger charge is -2.23. The summed E-state index contributed by atoms with van der Waals surface area (Å²) in [6.07, 6.45) is 5.10. The van der Waals surface area contributed by atoms with Gasteiger partial charge in [0.05, 0.1) is 7.05 Å². The summed E-state index contributed by atoms with van der Waals surface area (Å²) >= 11 is 6.19. The number of rotatable bonds is 6. The van der Waals surface area contributed by atoms with Gasteiger partial charge in [-0.05, 0) is 54.8 Å². The van der Waals surface area contributed by atoms with Crippen LogP contribution in [0.4, 0.5) is 0 Å². The number of hydrogen-bond acceptors (Lipinski definition) is 4. The molecule has 0 amide bonds. The van der Waals surface area contributed by atoms with Gasteiger partial charge in [-0.25, -0.2) is 13.6 Å². The molecular formula is C22H26ClN4O2S+. The minimum absolute atomic E-state index is 0.0831. The molecule has 1 heterocycles. The average Bonchev–Trinajstić information content (AvgIpc) is 3.23. The third kappa shape index (κ3) is 4.36. The van der Waals surface area contributed by atoms with E-state index in [9.17, 15) is 8.42 Å². The predicted octanol–water partition coefficient (Wildman–Crippen LogP) is 2.89. The summed E-state index contributed by atoms with van der Waals surface area (Å²) in [5.74, 6) is 0.344. The minimum Gasteiger partial charge on any atom is -0.316 e. The molecule has 0 fully saturated rings. The molecule has 3 unspecified atom stereocenters. The molecule has 3 atom stereocenters. The zero-order valence-electron chi connectivity index (χ0n) is 17.0. The summed E-state index contributed by atoms with van der Waals surface area (Å²) in [7, 11) is 0.116. The lowest BCUT2D eigenvalue weighted by atomic mass is 9.90. The number of benzene rings is 2. The molecule has 4 rings (SSSR count). The van der Waals surface area contributed by atoms with Crippen molar-refractivity contribution in [2.75, 3.05) is 14.1 Å². The maximum atomic E-state index is 11.6. The highest BCUT2D eigenvalue weighted by atomic mass is 35.5. The Morgan fingerprint density at radius 3 is 2.70 bits per heavy atom. The van der Waals surface area contributed by atoms with Gasteiger partial charge in [0.1, 0.15) is 12.7 Å². The molecule has 1 aliphatic carbocycles. The molecule has 0 spiro atoms. The Hall–Kier alpha value is -2.03. The van der Waals surface area contributed by atoms with E-state index in [1.807, 2.05) is 32.3 Å². The Labute approximate surface area is 182 Å². The van der Waals surface area contributed by atoms with Crippen LogP contribution in [0.2, 0.25) is 5.02 Å². The smallest absolute Gasteiger partial charge is 0.261 e. The van der Waals surface area contributed by atoms with Crippen molar-refractivity contribution in [2.45, 2.75) is 31.3 Å². The van der Waals surface area contributed by atoms with Crippen molar-refractivity contribution in [3.63, 3.8) is 0 Å². The molecule has 2 aromatic carbocycles. The Bertz CT molecular complexity index is 1150. The number of halogens is 1. The number of likely N-dealkylation sites (N-methyl/N-ethyl adjacent to an activating group) is 1. The van der Waals surface area contributed by atoms with Crippen LogP contribution in [0.3, 0.4) is 0 Å². The van der Waals surface area contributed by atoms with Crippen LogP contribution < -0.4 is 10.5 Å². The molecule has 2 aromatic rings. The predicted molar refractivity (Wildman–Crippen MR) is 120 cm³/mol. The number of hydrogen-bond donors (Lipinski definition) is 2. The summed E-state index contributed by atoms with van der Waals surface area (Å²) < 4.78 is 23.5. The van der Waals surface area contributed by atoms with Gasteiger partial charge < -0.3 is 5.32 Å². The van der Waals surface area contributed by atoms with Crippen LogP contribution in [0.5, 0.6) is 0 Å². The van der Waals surface area contributed by atoms with E-state index in [0.29, 0.717) is 18.5 Å². The van der Waals surface area contributed by atoms with E-state index in [2.05, 4.69) is 34.6 Å². The van der Waals surface area contributed by atoms with Gasteiger partial charge in [-0.15, -0.1) is 0 Å². The second kappa shape index (κ2) is 7.90. The number of nitrogens with zero attached hydrogens (tertiary/aromatic N) is 2. The highest BCUT2D eigenvalue weighted by molar-refractivity contribution is 7.93. The maximum Gasteiger partial charge on any atom is 0.261 e. The fourth-order valence-electron chi connectivity index (χ4n) is 4.48. The van der Waals surface area contributed by atoms with Crippen molar-refractivity contribution < 1.29 is 12.9 Å². The van der Waals surface area contributed by atoms with Crippen molar-refractivity contribution in [1.82, 2.24) is 5.32 Å². The number of aliphatic imine (C=N–C) groups is 1. The van der Waals surface area contributed by atoms with Gasteiger partial charge in [-0.3, -0.25) is 4.48 Å². The van der Waals surface area contributed by atoms with Crippen LogP contribution in [0.1, 0.15) is 28.2 Å². The molecule has 8 heteroatoms. The van der Waals surface area contributed by atoms with Gasteiger partial charge in [0.15, 0.2) is 6.34 Å². The summed E-state index contributed by atoms with van der Waals surface area (Å²) in [5.41, 5.74) is 5.04. The first kappa shape index (κ1) is 21.2. The monoisotopic (exact) mass is 445 g/mol. The minimum atomic E-state index is -3.80. The van der Waals surface area contributed by atoms with Gasteiger partial charge in [-0.1, -0.05) is 35.9 Å². The SMILES string of the molecule is CNC1Cc2ccc(C[N+]3(C)C=NC(S(N)(=O)=O)=C3)cc2C1Cc1cccc(Cl)c1. The van der Waals surface area contributed by atoms with Crippen LogP contribution in [-0.2, 0) is 29.4 Å². The van der Waals surface area contributed by atoms with Gasteiger partial charge in [0, 0.05) is 22.5 Å². The van der Waals surface area contributed by atoms with E-state index in [1.165, 1.54) is 16.7 Å². The molecule has 0 saturated heterocycles. The van der Waals surface area contributed by atoms with Crippen LogP contribution in [0, 0.1) is 0 Å². The van der Waals surface area contributed by atoms with Crippen molar-refractivity contribution in [2.24, 2.45) is 10.1 Å². The quantitative estimate of drug-likeness (QED) is 0.670. The van der Waals surface area contributed by atoms with Crippen molar-refractivity contribution in [3.05, 3.63) is 81.0 Å². The highest BCUT2D eigenvalue weighted by Gasteiger charge is 2.33. The van der Waals surface area contributed by atoms with Crippen molar-refractivity contribution in [3.8, 4) is 0 Å². The molecule has 6 nitrogen and oxygen atoms in total. The summed E-state index contributed by atoms with van der Waals surface area (Å²) in [5, 5.41) is 9.37. The third-order valence-corrected chi connectivity index (χ3v) is 6.95. The van der Waals surface area contributed by atoms with E-state index in [-0.39, 0.29) is 9.51 Å². The van der Waals surface area contributed by atoms with Crippen LogP contribution >= 0.6 is 11.6 Å². The molecule has 2 aliphatic rings. The second-order valence-corrected chi connectivity index (χ2v) is 10.3. The maximum absolute atomic E-state index is 11.6. The highest BCUT2D eigenvalue weighted by Crippen LogP contribution is 2.37. The summed E-state index contributed by atoms with van der Waals surface area (Å²) in [6, 6.07) is 15.0. The van der Waals surface area contributed by atoms with E-state index in [1.54, 1.807) is 12.5 Å². The third-order valence-electron chi connectivity index (χ3n) is 5.92. The largest absolute Gasteiger partial charge is 0.316 e. The van der Waals surface area contributed by atoms with Crippen LogP contribution in [0.15, 0.2) is 58.7 Å². The van der Waals surface area contributed by atoms with E-state index in [4.69, 9.17) is 16.7 Å². The van der Waals surface area contributed by atoms with E-state index >= 15 is 0 Å². The molecule has 0 saturated carbocycles. The first-order valence-electron chi connectivity index (χ1n) is 9.86. The normalized spacial score (nSPS) is 25.4. The first-order valence-corrected chi connectivity index (χ1v) is 11.8. The Morgan fingerprint density at radius 2 is 2.03 bits per heavy atom. The molecule has 1 aliphatic heterocycles. The fraction of sp³-hybridized carbons (Fsp3) is 0.318. The molecular weight excluding hydrogens is 420 g/mol. The van der Waals surface area contributed by atoms with Crippen LogP contribution in [-0.4, -0.2) is 39.4 Å². The van der Waals surface area contributed by atoms with Gasteiger partial charge in [0.25, 0.3) is 10.0 Å². The number of quaternary nitrogens is 1. The van der Waals surface area contributed by atoms with Gasteiger partial charge in [0.2, 0.25) is 5.03 Å². The topological polar surface area (TPSA) is 84.5 Å². The molecule has 0 bridgehead atoms. The summed E-state index contributed by atoms with van der Waals surface area (Å²) in [4.78, 5) is 4.01. The number of nitrogens with one attached hydrogen (secondary N) is 1. The number of nitrogens with two attached hydrogens (primary N) is 1. The Morgan fingerprint density at radius 1 is 1.23 bits per heavy atom. The van der Waals surface area contributed by atoms with Crippen LogP contribution in [0.25, 0.3) is 0 Å². The molecule has 0 radical (unpaired) electrons. The summed E-state index contributed by atoms with van der Waals surface area (Å²) in [6.45, 7) is 0.601. The lowest BCUT2D eigenvalue weighted by molar-refractivity contribution is -0.771. The van der Waals surface area contributed by atoms with Gasteiger partial charge >= 0.3 is 0 Å². The van der Waals surface area contributed by atoms with E-state index in [0.717, 1.165) is 23.4 Å². The molecule has 30 heavy (non-hydrogen) atoms. The molecule has 3 N–H and O–H groups in total. The standard InChI is InChI=1S/C22H26ClN4O2S/c1-25-21-11-17-7-6-16(12-27(2)13-22(26-14-27)30(24,28)29)10-19(17)20(21)9-15-4-3-5-18(23)8-15/h3-8,10,13-14,20-21,25H,9,11-12H2,1-2H3,(H2,24,28,29)/q+1. The first-order chi connectivity index (χ1) is 14.2. The Balaban J connectivity index is 1.61. The number of primary sulfonamides is 1. The Kier molecular flexibility index (Phi) is 5.59. The lowest BCUT2D eigenvalue weighted by Crippen LogP contribution is -2.34. The number of fused-ring (bicyclic) bond motifs is 1.